The van der Waals surface area contributed by atoms with Crippen molar-refractivity contribution < 1.29 is 9.59 Å². The number of hydrogen-bond donors (Lipinski definition) is 2. The molecule has 0 saturated carbocycles. The van der Waals surface area contributed by atoms with Gasteiger partial charge in [0.15, 0.2) is 0 Å². The minimum atomic E-state index is -0.437. The Hall–Kier alpha value is -1.01. The second-order valence-electron chi connectivity index (χ2n) is 7.23. The highest BCUT2D eigenvalue weighted by atomic mass is 35.5. The zero-order valence-electron chi connectivity index (χ0n) is 15.3. The summed E-state index contributed by atoms with van der Waals surface area (Å²) in [5, 5.41) is 7.15. The van der Waals surface area contributed by atoms with Crippen LogP contribution in [-0.2, 0) is 9.59 Å². The monoisotopic (exact) mass is 433 g/mol. The van der Waals surface area contributed by atoms with Gasteiger partial charge >= 0.3 is 0 Å². The Bertz CT molecular complexity index is 686. The molecular weight excluding hydrogens is 409 g/mol. The van der Waals surface area contributed by atoms with Crippen molar-refractivity contribution in [1.29, 1.82) is 0 Å². The molecule has 27 heavy (non-hydrogen) atoms. The molecule has 2 aliphatic rings. The smallest absolute Gasteiger partial charge is 0.247 e. The molecule has 2 aliphatic heterocycles. The molecule has 2 N–H and O–H groups in total. The average molecular weight is 435 g/mol. The van der Waals surface area contributed by atoms with Gasteiger partial charge in [0.05, 0.1) is 10.7 Å². The Kier molecular flexibility index (Phi) is 8.22. The minimum absolute atomic E-state index is 0. The van der Waals surface area contributed by atoms with Gasteiger partial charge in [-0.3, -0.25) is 9.59 Å². The number of piperidine rings is 2. The molecule has 2 amide bonds. The summed E-state index contributed by atoms with van der Waals surface area (Å²) in [6, 6.07) is 4.87. The molecule has 0 aliphatic carbocycles. The van der Waals surface area contributed by atoms with Crippen molar-refractivity contribution >= 4 is 53.1 Å². The normalized spacial score (nSPS) is 25.4. The van der Waals surface area contributed by atoms with Gasteiger partial charge < -0.3 is 15.5 Å². The van der Waals surface area contributed by atoms with Crippen LogP contribution in [0, 0.1) is 5.92 Å². The third-order valence-electron chi connectivity index (χ3n) is 5.25. The van der Waals surface area contributed by atoms with Crippen molar-refractivity contribution in [3.05, 3.63) is 28.2 Å². The van der Waals surface area contributed by atoms with E-state index in [1.54, 1.807) is 23.1 Å². The van der Waals surface area contributed by atoms with Gasteiger partial charge in [-0.2, -0.15) is 0 Å². The molecule has 2 heterocycles. The van der Waals surface area contributed by atoms with Crippen LogP contribution in [0.2, 0.25) is 10.0 Å². The van der Waals surface area contributed by atoms with Gasteiger partial charge in [-0.05, 0) is 63.8 Å². The molecule has 1 aromatic rings. The molecule has 1 aromatic carbocycles. The first-order valence-electron chi connectivity index (χ1n) is 9.25. The number of likely N-dealkylation sites (tertiary alicyclic amines) is 1. The zero-order valence-corrected chi connectivity index (χ0v) is 17.7. The quantitative estimate of drug-likeness (QED) is 0.752. The number of carbonyl (C=O) groups excluding carboxylic acids is 2. The Balaban J connectivity index is 0.00000261. The van der Waals surface area contributed by atoms with E-state index in [1.807, 2.05) is 0 Å². The average Bonchev–Trinajstić information content (AvgIpc) is 2.63. The summed E-state index contributed by atoms with van der Waals surface area (Å²) >= 11 is 12.1. The fourth-order valence-corrected chi connectivity index (χ4v) is 4.32. The highest BCUT2D eigenvalue weighted by Gasteiger charge is 2.36. The van der Waals surface area contributed by atoms with Crippen molar-refractivity contribution in [1.82, 2.24) is 10.2 Å². The van der Waals surface area contributed by atoms with Crippen molar-refractivity contribution in [3.63, 3.8) is 0 Å². The number of hydrogen-bond acceptors (Lipinski definition) is 3. The lowest BCUT2D eigenvalue weighted by molar-refractivity contribution is -0.144. The van der Waals surface area contributed by atoms with Crippen LogP contribution in [0.1, 0.15) is 39.0 Å². The molecule has 5 nitrogen and oxygen atoms in total. The first kappa shape index (κ1) is 22.3. The van der Waals surface area contributed by atoms with E-state index in [2.05, 4.69) is 17.6 Å². The number of nitrogens with zero attached hydrogens (tertiary/aromatic N) is 1. The van der Waals surface area contributed by atoms with Gasteiger partial charge in [-0.25, -0.2) is 0 Å². The first-order valence-corrected chi connectivity index (χ1v) is 10.0. The van der Waals surface area contributed by atoms with Crippen LogP contribution in [0.25, 0.3) is 0 Å². The van der Waals surface area contributed by atoms with Crippen LogP contribution in [0.3, 0.4) is 0 Å². The van der Waals surface area contributed by atoms with Crippen molar-refractivity contribution in [2.45, 2.75) is 51.1 Å². The van der Waals surface area contributed by atoms with E-state index in [9.17, 15) is 9.59 Å². The summed E-state index contributed by atoms with van der Waals surface area (Å²) in [5.74, 6) is -0.0663. The lowest BCUT2D eigenvalue weighted by Gasteiger charge is -2.38. The summed E-state index contributed by atoms with van der Waals surface area (Å²) in [7, 11) is 0. The van der Waals surface area contributed by atoms with Crippen LogP contribution < -0.4 is 10.6 Å². The van der Waals surface area contributed by atoms with Gasteiger partial charge in [0.1, 0.15) is 6.04 Å². The Morgan fingerprint density at radius 3 is 2.70 bits per heavy atom. The maximum absolute atomic E-state index is 13.1. The van der Waals surface area contributed by atoms with E-state index in [-0.39, 0.29) is 30.1 Å². The molecular formula is C19H26Cl3N3O2. The van der Waals surface area contributed by atoms with Crippen molar-refractivity contribution in [3.8, 4) is 0 Å². The van der Waals surface area contributed by atoms with Crippen LogP contribution in [0.5, 0.6) is 0 Å². The molecule has 0 aromatic heterocycles. The summed E-state index contributed by atoms with van der Waals surface area (Å²) in [6.07, 6.45) is 4.23. The molecule has 1 unspecified atom stereocenters. The Labute approximate surface area is 176 Å². The molecule has 2 fully saturated rings. The van der Waals surface area contributed by atoms with Gasteiger partial charge in [0.25, 0.3) is 0 Å². The highest BCUT2D eigenvalue weighted by molar-refractivity contribution is 6.36. The molecule has 2 saturated heterocycles. The van der Waals surface area contributed by atoms with Crippen LogP contribution in [-0.4, -0.2) is 41.9 Å². The summed E-state index contributed by atoms with van der Waals surface area (Å²) in [4.78, 5) is 27.7. The fourth-order valence-electron chi connectivity index (χ4n) is 3.87. The number of rotatable bonds is 3. The van der Waals surface area contributed by atoms with E-state index in [0.29, 0.717) is 34.7 Å². The molecule has 0 radical (unpaired) electrons. The van der Waals surface area contributed by atoms with Crippen molar-refractivity contribution in [2.75, 3.05) is 18.4 Å². The van der Waals surface area contributed by atoms with Gasteiger partial charge in [-0.15, -0.1) is 12.4 Å². The maximum atomic E-state index is 13.1. The standard InChI is InChI=1S/C19H25Cl2N3O2.ClH/c1-12-10-13(7-8-22-12)19(26)24-9-3-2-4-17(24)18(25)23-16-6-5-14(20)11-15(16)21;/h5-6,11-13,17,22H,2-4,7-10H2,1H3,(H,23,25);1H/t12-,13-,17?;/m0./s1. The molecule has 150 valence electrons. The van der Waals surface area contributed by atoms with Crippen LogP contribution >= 0.6 is 35.6 Å². The fraction of sp³-hybridized carbons (Fsp3) is 0.579. The number of nitrogens with one attached hydrogen (secondary N) is 2. The largest absolute Gasteiger partial charge is 0.330 e. The predicted octanol–water partition coefficient (Wildman–Crippen LogP) is 4.12. The van der Waals surface area contributed by atoms with Crippen LogP contribution in [0.15, 0.2) is 18.2 Å². The summed E-state index contributed by atoms with van der Waals surface area (Å²) in [5.41, 5.74) is 0.523. The van der Waals surface area contributed by atoms with E-state index in [4.69, 9.17) is 23.2 Å². The van der Waals surface area contributed by atoms with E-state index in [1.165, 1.54) is 0 Å². The van der Waals surface area contributed by atoms with Crippen LogP contribution in [0.4, 0.5) is 5.69 Å². The number of anilines is 1. The second-order valence-corrected chi connectivity index (χ2v) is 8.08. The lowest BCUT2D eigenvalue weighted by Crippen LogP contribution is -2.53. The number of halogens is 3. The topological polar surface area (TPSA) is 61.4 Å². The molecule has 3 atom stereocenters. The predicted molar refractivity (Wildman–Crippen MR) is 112 cm³/mol. The first-order chi connectivity index (χ1) is 12.5. The molecule has 0 bridgehead atoms. The Morgan fingerprint density at radius 2 is 2.00 bits per heavy atom. The van der Waals surface area contributed by atoms with E-state index < -0.39 is 6.04 Å². The highest BCUT2D eigenvalue weighted by Crippen LogP contribution is 2.28. The van der Waals surface area contributed by atoms with E-state index in [0.717, 1.165) is 32.2 Å². The Morgan fingerprint density at radius 1 is 1.22 bits per heavy atom. The van der Waals surface area contributed by atoms with Gasteiger partial charge in [0, 0.05) is 23.5 Å². The van der Waals surface area contributed by atoms with Gasteiger partial charge in [0.2, 0.25) is 11.8 Å². The molecule has 3 rings (SSSR count). The third kappa shape index (κ3) is 5.50. The maximum Gasteiger partial charge on any atom is 0.247 e. The number of benzene rings is 1. The SMILES string of the molecule is C[C@H]1C[C@@H](C(=O)N2CCCCC2C(=O)Nc2ccc(Cl)cc2Cl)CCN1.Cl. The zero-order chi connectivity index (χ0) is 18.7. The molecule has 0 spiro atoms. The molecule has 8 heteroatoms. The van der Waals surface area contributed by atoms with Crippen molar-refractivity contribution in [2.24, 2.45) is 5.92 Å². The minimum Gasteiger partial charge on any atom is -0.330 e. The number of amides is 2. The number of carbonyl (C=O) groups is 2. The van der Waals surface area contributed by atoms with Gasteiger partial charge in [-0.1, -0.05) is 23.2 Å². The lowest BCUT2D eigenvalue weighted by atomic mass is 9.90. The summed E-state index contributed by atoms with van der Waals surface area (Å²) < 4.78 is 0. The summed E-state index contributed by atoms with van der Waals surface area (Å²) in [6.45, 7) is 3.59. The second kappa shape index (κ2) is 9.97. The van der Waals surface area contributed by atoms with E-state index >= 15 is 0 Å². The third-order valence-corrected chi connectivity index (χ3v) is 5.80.